The van der Waals surface area contributed by atoms with E-state index in [1.165, 1.54) is 0 Å². The van der Waals surface area contributed by atoms with Gasteiger partial charge in [-0.15, -0.1) is 0 Å². The van der Waals surface area contributed by atoms with Gasteiger partial charge < -0.3 is 24.1 Å². The molecule has 2 aromatic rings. The van der Waals surface area contributed by atoms with E-state index in [-0.39, 0.29) is 18.6 Å². The van der Waals surface area contributed by atoms with Crippen LogP contribution in [0, 0.1) is 18.3 Å². The molecule has 1 aromatic carbocycles. The van der Waals surface area contributed by atoms with Gasteiger partial charge in [0.2, 0.25) is 5.91 Å². The molecule has 1 atom stereocenters. The highest BCUT2D eigenvalue weighted by molar-refractivity contribution is 5.86. The Labute approximate surface area is 146 Å². The Morgan fingerprint density at radius 3 is 2.80 bits per heavy atom. The van der Waals surface area contributed by atoms with Crippen molar-refractivity contribution in [2.24, 2.45) is 0 Å². The average Bonchev–Trinajstić information content (AvgIpc) is 2.98. The molecule has 1 amide bonds. The zero-order valence-corrected chi connectivity index (χ0v) is 14.5. The summed E-state index contributed by atoms with van der Waals surface area (Å²) in [6.07, 6.45) is -0.610. The summed E-state index contributed by atoms with van der Waals surface area (Å²) in [6, 6.07) is 8.04. The van der Waals surface area contributed by atoms with E-state index in [0.29, 0.717) is 18.8 Å². The van der Waals surface area contributed by atoms with Gasteiger partial charge in [0.05, 0.1) is 12.6 Å². The third-order valence-electron chi connectivity index (χ3n) is 4.56. The second kappa shape index (κ2) is 7.23. The van der Waals surface area contributed by atoms with Gasteiger partial charge in [0, 0.05) is 37.2 Å². The van der Waals surface area contributed by atoms with Gasteiger partial charge in [0.15, 0.2) is 6.29 Å². The summed E-state index contributed by atoms with van der Waals surface area (Å²) in [5, 5.41) is 13.3. The lowest BCUT2D eigenvalue weighted by molar-refractivity contribution is -0.133. The highest BCUT2D eigenvalue weighted by Crippen LogP contribution is 2.30. The number of nitriles is 1. The minimum absolute atomic E-state index is 0.0539. The Kier molecular flexibility index (Phi) is 5.04. The summed E-state index contributed by atoms with van der Waals surface area (Å²) in [6.45, 7) is 2.99. The second-order valence-electron chi connectivity index (χ2n) is 6.00. The second-order valence-corrected chi connectivity index (χ2v) is 6.00. The van der Waals surface area contributed by atoms with E-state index >= 15 is 0 Å². The molecule has 0 saturated carbocycles. The Morgan fingerprint density at radius 2 is 2.20 bits per heavy atom. The third-order valence-corrected chi connectivity index (χ3v) is 4.56. The van der Waals surface area contributed by atoms with Crippen LogP contribution in [-0.2, 0) is 25.5 Å². The molecule has 25 heavy (non-hydrogen) atoms. The van der Waals surface area contributed by atoms with Gasteiger partial charge in [-0.2, -0.15) is 5.26 Å². The lowest BCUT2D eigenvalue weighted by Crippen LogP contribution is -2.44. The fourth-order valence-corrected chi connectivity index (χ4v) is 3.24. The van der Waals surface area contributed by atoms with Gasteiger partial charge in [-0.05, 0) is 24.6 Å². The summed E-state index contributed by atoms with van der Waals surface area (Å²) in [5.74, 6) is -0.111. The number of nitrogens with zero attached hydrogens (tertiary/aromatic N) is 2. The fourth-order valence-electron chi connectivity index (χ4n) is 3.24. The van der Waals surface area contributed by atoms with Gasteiger partial charge in [-0.1, -0.05) is 6.07 Å². The molecule has 7 heteroatoms. The quantitative estimate of drug-likeness (QED) is 0.834. The average molecular weight is 343 g/mol. The zero-order chi connectivity index (χ0) is 18.0. The minimum atomic E-state index is -0.449. The SMILES string of the molecule is COC(OC)c1ccc2c(cc(C#N)n2CC2CNC(=O)CO2)c1C. The van der Waals surface area contributed by atoms with Crippen LogP contribution in [0.1, 0.15) is 23.1 Å². The maximum absolute atomic E-state index is 11.2. The van der Waals surface area contributed by atoms with Crippen molar-refractivity contribution in [2.75, 3.05) is 27.4 Å². The van der Waals surface area contributed by atoms with Crippen molar-refractivity contribution in [3.05, 3.63) is 35.0 Å². The first-order chi connectivity index (χ1) is 12.1. The number of rotatable bonds is 5. The number of aromatic nitrogens is 1. The Bertz CT molecular complexity index is 823. The molecule has 1 unspecified atom stereocenters. The van der Waals surface area contributed by atoms with E-state index in [0.717, 1.165) is 22.0 Å². The molecule has 2 heterocycles. The smallest absolute Gasteiger partial charge is 0.246 e. The fraction of sp³-hybridized carbons (Fsp3) is 0.444. The van der Waals surface area contributed by atoms with Crippen LogP contribution in [0.15, 0.2) is 18.2 Å². The first-order valence-electron chi connectivity index (χ1n) is 8.05. The molecule has 132 valence electrons. The number of morpholine rings is 1. The highest BCUT2D eigenvalue weighted by Gasteiger charge is 2.22. The number of methoxy groups -OCH3 is 2. The number of fused-ring (bicyclic) bond motifs is 1. The third kappa shape index (κ3) is 3.24. The van der Waals surface area contributed by atoms with Gasteiger partial charge in [-0.25, -0.2) is 0 Å². The normalized spacial score (nSPS) is 17.7. The largest absolute Gasteiger partial charge is 0.365 e. The molecule has 1 saturated heterocycles. The first-order valence-corrected chi connectivity index (χ1v) is 8.05. The summed E-state index contributed by atoms with van der Waals surface area (Å²) in [5.41, 5.74) is 3.45. The summed E-state index contributed by atoms with van der Waals surface area (Å²) in [7, 11) is 3.19. The summed E-state index contributed by atoms with van der Waals surface area (Å²) < 4.78 is 18.2. The maximum Gasteiger partial charge on any atom is 0.246 e. The molecule has 0 bridgehead atoms. The van der Waals surface area contributed by atoms with Crippen molar-refractivity contribution >= 4 is 16.8 Å². The Morgan fingerprint density at radius 1 is 1.44 bits per heavy atom. The van der Waals surface area contributed by atoms with Crippen LogP contribution >= 0.6 is 0 Å². The monoisotopic (exact) mass is 343 g/mol. The predicted octanol–water partition coefficient (Wildman–Crippen LogP) is 1.63. The van der Waals surface area contributed by atoms with Crippen molar-refractivity contribution in [3.8, 4) is 6.07 Å². The number of ether oxygens (including phenoxy) is 3. The molecular formula is C18H21N3O4. The topological polar surface area (TPSA) is 85.5 Å². The number of carbonyl (C=O) groups excluding carboxylic acids is 1. The van der Waals surface area contributed by atoms with Gasteiger partial charge in [0.1, 0.15) is 18.4 Å². The molecule has 1 aliphatic heterocycles. The van der Waals surface area contributed by atoms with Crippen molar-refractivity contribution in [3.63, 3.8) is 0 Å². The molecular weight excluding hydrogens is 322 g/mol. The van der Waals surface area contributed by atoms with Crippen LogP contribution in [0.4, 0.5) is 0 Å². The maximum atomic E-state index is 11.2. The number of nitrogens with one attached hydrogen (secondary N) is 1. The highest BCUT2D eigenvalue weighted by atomic mass is 16.7. The standard InChI is InChI=1S/C18H21N3O4/c1-11-14(18(23-2)24-3)4-5-16-15(11)6-12(7-19)21(16)9-13-8-20-17(22)10-25-13/h4-6,13,18H,8-10H2,1-3H3,(H,20,22). The zero-order valence-electron chi connectivity index (χ0n) is 14.5. The molecule has 1 fully saturated rings. The summed E-state index contributed by atoms with van der Waals surface area (Å²) in [4.78, 5) is 11.2. The Hall–Kier alpha value is -2.40. The number of aryl methyl sites for hydroxylation is 1. The van der Waals surface area contributed by atoms with Crippen LogP contribution in [0.3, 0.4) is 0 Å². The van der Waals surface area contributed by atoms with Gasteiger partial charge in [-0.3, -0.25) is 4.79 Å². The molecule has 0 aliphatic carbocycles. The van der Waals surface area contributed by atoms with Gasteiger partial charge >= 0.3 is 0 Å². The molecule has 3 rings (SSSR count). The van der Waals surface area contributed by atoms with Crippen molar-refractivity contribution in [1.82, 2.24) is 9.88 Å². The van der Waals surface area contributed by atoms with E-state index in [4.69, 9.17) is 14.2 Å². The number of benzene rings is 1. The van der Waals surface area contributed by atoms with Gasteiger partial charge in [0.25, 0.3) is 0 Å². The van der Waals surface area contributed by atoms with E-state index in [1.807, 2.05) is 29.7 Å². The van der Waals surface area contributed by atoms with E-state index in [9.17, 15) is 10.1 Å². The van der Waals surface area contributed by atoms with Crippen LogP contribution < -0.4 is 5.32 Å². The number of carbonyl (C=O) groups is 1. The number of hydrogen-bond acceptors (Lipinski definition) is 5. The van der Waals surface area contributed by atoms with Crippen LogP contribution in [0.2, 0.25) is 0 Å². The Balaban J connectivity index is 2.00. The first kappa shape index (κ1) is 17.4. The molecule has 1 N–H and O–H groups in total. The van der Waals surface area contributed by atoms with Crippen LogP contribution in [0.25, 0.3) is 10.9 Å². The molecule has 7 nitrogen and oxygen atoms in total. The van der Waals surface area contributed by atoms with Crippen LogP contribution in [0.5, 0.6) is 0 Å². The van der Waals surface area contributed by atoms with E-state index in [2.05, 4.69) is 11.4 Å². The molecule has 0 radical (unpaired) electrons. The van der Waals surface area contributed by atoms with E-state index < -0.39 is 6.29 Å². The molecule has 1 aromatic heterocycles. The predicted molar refractivity (Wildman–Crippen MR) is 90.9 cm³/mol. The lowest BCUT2D eigenvalue weighted by atomic mass is 10.0. The van der Waals surface area contributed by atoms with E-state index in [1.54, 1.807) is 14.2 Å². The minimum Gasteiger partial charge on any atom is -0.365 e. The number of amides is 1. The van der Waals surface area contributed by atoms with Crippen molar-refractivity contribution in [1.29, 1.82) is 5.26 Å². The van der Waals surface area contributed by atoms with Crippen molar-refractivity contribution < 1.29 is 19.0 Å². The lowest BCUT2D eigenvalue weighted by Gasteiger charge is -2.24. The number of hydrogen-bond donors (Lipinski definition) is 1. The molecule has 0 spiro atoms. The van der Waals surface area contributed by atoms with Crippen LogP contribution in [-0.4, -0.2) is 43.9 Å². The molecule has 1 aliphatic rings. The summed E-state index contributed by atoms with van der Waals surface area (Å²) >= 11 is 0. The van der Waals surface area contributed by atoms with Crippen molar-refractivity contribution in [2.45, 2.75) is 25.9 Å².